The van der Waals surface area contributed by atoms with Gasteiger partial charge in [-0.15, -0.1) is 0 Å². The molecule has 1 amide bonds. The molecular weight excluding hydrogens is 388 g/mol. The van der Waals surface area contributed by atoms with Crippen LogP contribution in [0.2, 0.25) is 0 Å². The number of benzene rings is 2. The van der Waals surface area contributed by atoms with Gasteiger partial charge in [0.1, 0.15) is 5.75 Å². The molecule has 1 heterocycles. The number of carbonyl (C=O) groups is 1. The van der Waals surface area contributed by atoms with E-state index in [0.717, 1.165) is 63.4 Å². The predicted octanol–water partition coefficient (Wildman–Crippen LogP) is 4.90. The van der Waals surface area contributed by atoms with Crippen molar-refractivity contribution < 1.29 is 14.3 Å². The van der Waals surface area contributed by atoms with E-state index in [1.807, 2.05) is 37.4 Å². The second-order valence-corrected chi connectivity index (χ2v) is 8.47. The van der Waals surface area contributed by atoms with Gasteiger partial charge in [0, 0.05) is 39.5 Å². The number of carbonyl (C=O) groups excluding carboxylic acids is 1. The molecule has 1 aliphatic rings. The monoisotopic (exact) mass is 424 g/mol. The van der Waals surface area contributed by atoms with Gasteiger partial charge in [-0.25, -0.2) is 0 Å². The molecule has 0 bridgehead atoms. The zero-order valence-electron chi connectivity index (χ0n) is 19.2. The van der Waals surface area contributed by atoms with Crippen LogP contribution in [0, 0.1) is 0 Å². The number of unbranched alkanes of at least 4 members (excludes halogenated alkanes) is 1. The molecular formula is C26H36N2O3. The van der Waals surface area contributed by atoms with E-state index in [0.29, 0.717) is 6.42 Å². The first-order chi connectivity index (χ1) is 15.0. The third kappa shape index (κ3) is 6.55. The second kappa shape index (κ2) is 11.3. The molecule has 2 aromatic rings. The lowest BCUT2D eigenvalue weighted by molar-refractivity contribution is -0.128. The highest BCUT2D eigenvalue weighted by atomic mass is 16.5. The Bertz CT molecular complexity index is 799. The summed E-state index contributed by atoms with van der Waals surface area (Å²) in [6.07, 6.45) is 4.27. The van der Waals surface area contributed by atoms with Gasteiger partial charge in [-0.2, -0.15) is 0 Å². The topological polar surface area (TPSA) is 42.0 Å². The smallest absolute Gasteiger partial charge is 0.229 e. The van der Waals surface area contributed by atoms with Gasteiger partial charge in [0.15, 0.2) is 0 Å². The number of hydrogen-bond donors (Lipinski definition) is 0. The molecule has 0 atom stereocenters. The Hall–Kier alpha value is -2.37. The summed E-state index contributed by atoms with van der Waals surface area (Å²) in [5, 5.41) is 0. The number of hydrogen-bond acceptors (Lipinski definition) is 4. The maximum absolute atomic E-state index is 13.0. The fourth-order valence-corrected chi connectivity index (χ4v) is 4.05. The zero-order chi connectivity index (χ0) is 22.1. The van der Waals surface area contributed by atoms with Gasteiger partial charge in [0.05, 0.1) is 18.6 Å². The third-order valence-corrected chi connectivity index (χ3v) is 6.29. The van der Waals surface area contributed by atoms with E-state index in [-0.39, 0.29) is 11.5 Å². The Morgan fingerprint density at radius 2 is 1.74 bits per heavy atom. The van der Waals surface area contributed by atoms with Crippen LogP contribution in [-0.4, -0.2) is 50.3 Å². The van der Waals surface area contributed by atoms with Crippen molar-refractivity contribution in [2.24, 2.45) is 0 Å². The number of piperidine rings is 1. The van der Waals surface area contributed by atoms with Crippen LogP contribution in [0.15, 0.2) is 54.6 Å². The summed E-state index contributed by atoms with van der Waals surface area (Å²) in [6, 6.07) is 18.3. The minimum absolute atomic E-state index is 0.0815. The lowest BCUT2D eigenvalue weighted by Crippen LogP contribution is -2.48. The Kier molecular flexibility index (Phi) is 8.50. The minimum Gasteiger partial charge on any atom is -0.494 e. The summed E-state index contributed by atoms with van der Waals surface area (Å²) in [5.41, 5.74) is 1.81. The van der Waals surface area contributed by atoms with Crippen molar-refractivity contribution in [3.8, 4) is 5.75 Å². The lowest BCUT2D eigenvalue weighted by Gasteiger charge is -2.41. The van der Waals surface area contributed by atoms with E-state index in [2.05, 4.69) is 36.1 Å². The Morgan fingerprint density at radius 1 is 1.06 bits per heavy atom. The van der Waals surface area contributed by atoms with Gasteiger partial charge in [-0.3, -0.25) is 9.69 Å². The van der Waals surface area contributed by atoms with Crippen molar-refractivity contribution in [3.63, 3.8) is 0 Å². The van der Waals surface area contributed by atoms with Gasteiger partial charge in [-0.05, 0) is 49.1 Å². The molecule has 31 heavy (non-hydrogen) atoms. The third-order valence-electron chi connectivity index (χ3n) is 6.29. The van der Waals surface area contributed by atoms with Crippen LogP contribution in [0.4, 0.5) is 5.69 Å². The number of ether oxygens (including phenoxy) is 2. The quantitative estimate of drug-likeness (QED) is 0.509. The molecule has 0 radical (unpaired) electrons. The van der Waals surface area contributed by atoms with E-state index >= 15 is 0 Å². The Labute approximate surface area is 187 Å². The summed E-state index contributed by atoms with van der Waals surface area (Å²) in [4.78, 5) is 17.2. The summed E-state index contributed by atoms with van der Waals surface area (Å²) in [5.74, 6) is 0.926. The highest BCUT2D eigenvalue weighted by Gasteiger charge is 2.37. The molecule has 0 unspecified atom stereocenters. The summed E-state index contributed by atoms with van der Waals surface area (Å²) in [7, 11) is 3.58. The van der Waals surface area contributed by atoms with Gasteiger partial charge >= 0.3 is 0 Å². The van der Waals surface area contributed by atoms with E-state index < -0.39 is 0 Å². The van der Waals surface area contributed by atoms with Gasteiger partial charge in [0.25, 0.3) is 0 Å². The van der Waals surface area contributed by atoms with Crippen molar-refractivity contribution >= 4 is 11.6 Å². The first kappa shape index (κ1) is 23.3. The largest absolute Gasteiger partial charge is 0.494 e. The molecule has 0 spiro atoms. The van der Waals surface area contributed by atoms with E-state index in [4.69, 9.17) is 9.47 Å². The van der Waals surface area contributed by atoms with Gasteiger partial charge < -0.3 is 14.4 Å². The van der Waals surface area contributed by atoms with E-state index in [1.54, 1.807) is 12.0 Å². The standard InChI is InChI=1S/C26H36N2O3/c1-4-5-19-31-24-13-11-23(12-14-24)27(2)25(29)20-26(30-3)15-17-28(18-16-26)21-22-9-7-6-8-10-22/h6-14H,4-5,15-21H2,1-3H3. The molecule has 168 valence electrons. The Balaban J connectivity index is 1.53. The van der Waals surface area contributed by atoms with Crippen LogP contribution >= 0.6 is 0 Å². The molecule has 0 aliphatic carbocycles. The molecule has 0 aromatic heterocycles. The predicted molar refractivity (Wildman–Crippen MR) is 126 cm³/mol. The zero-order valence-corrected chi connectivity index (χ0v) is 19.2. The highest BCUT2D eigenvalue weighted by Crippen LogP contribution is 2.31. The average Bonchev–Trinajstić information content (AvgIpc) is 2.81. The number of amides is 1. The molecule has 0 saturated carbocycles. The number of nitrogens with zero attached hydrogens (tertiary/aromatic N) is 2. The number of anilines is 1. The average molecular weight is 425 g/mol. The lowest BCUT2D eigenvalue weighted by atomic mass is 9.87. The molecule has 1 aliphatic heterocycles. The van der Waals surface area contributed by atoms with Crippen LogP contribution in [0.3, 0.4) is 0 Å². The normalized spacial score (nSPS) is 16.1. The number of methoxy groups -OCH3 is 1. The molecule has 1 fully saturated rings. The number of rotatable bonds is 10. The van der Waals surface area contributed by atoms with Crippen LogP contribution in [-0.2, 0) is 16.1 Å². The van der Waals surface area contributed by atoms with Crippen molar-refractivity contribution in [1.82, 2.24) is 4.90 Å². The first-order valence-electron chi connectivity index (χ1n) is 11.4. The fraction of sp³-hybridized carbons (Fsp3) is 0.500. The van der Waals surface area contributed by atoms with Crippen LogP contribution < -0.4 is 9.64 Å². The van der Waals surface area contributed by atoms with E-state index in [9.17, 15) is 4.79 Å². The van der Waals surface area contributed by atoms with Crippen molar-refractivity contribution in [2.75, 3.05) is 38.8 Å². The summed E-state index contributed by atoms with van der Waals surface area (Å²) < 4.78 is 11.6. The number of likely N-dealkylation sites (tertiary alicyclic amines) is 1. The summed E-state index contributed by atoms with van der Waals surface area (Å²) in [6.45, 7) is 5.68. The van der Waals surface area contributed by atoms with Gasteiger partial charge in [0.2, 0.25) is 5.91 Å². The minimum atomic E-state index is -0.387. The SMILES string of the molecule is CCCCOc1ccc(N(C)C(=O)CC2(OC)CCN(Cc3ccccc3)CC2)cc1. The molecule has 2 aromatic carbocycles. The van der Waals surface area contributed by atoms with Crippen LogP contribution in [0.25, 0.3) is 0 Å². The van der Waals surface area contributed by atoms with Crippen LogP contribution in [0.5, 0.6) is 5.75 Å². The molecule has 0 N–H and O–H groups in total. The second-order valence-electron chi connectivity index (χ2n) is 8.47. The van der Waals surface area contributed by atoms with Crippen molar-refractivity contribution in [2.45, 2.75) is 51.2 Å². The Morgan fingerprint density at radius 3 is 2.35 bits per heavy atom. The summed E-state index contributed by atoms with van der Waals surface area (Å²) >= 11 is 0. The first-order valence-corrected chi connectivity index (χ1v) is 11.4. The molecule has 1 saturated heterocycles. The maximum Gasteiger partial charge on any atom is 0.229 e. The fourth-order valence-electron chi connectivity index (χ4n) is 4.05. The van der Waals surface area contributed by atoms with Gasteiger partial charge in [-0.1, -0.05) is 43.7 Å². The van der Waals surface area contributed by atoms with E-state index in [1.165, 1.54) is 5.56 Å². The maximum atomic E-state index is 13.0. The van der Waals surface area contributed by atoms with Crippen molar-refractivity contribution in [3.05, 3.63) is 60.2 Å². The highest BCUT2D eigenvalue weighted by molar-refractivity contribution is 5.93. The van der Waals surface area contributed by atoms with Crippen molar-refractivity contribution in [1.29, 1.82) is 0 Å². The van der Waals surface area contributed by atoms with Crippen LogP contribution in [0.1, 0.15) is 44.6 Å². The molecule has 3 rings (SSSR count). The molecule has 5 heteroatoms. The molecule has 5 nitrogen and oxygen atoms in total.